The Bertz CT molecular complexity index is 503. The minimum atomic E-state index is -2.98. The van der Waals surface area contributed by atoms with Crippen molar-refractivity contribution in [1.29, 1.82) is 0 Å². The van der Waals surface area contributed by atoms with Crippen molar-refractivity contribution in [2.24, 2.45) is 0 Å². The standard InChI is InChI=1S/C12H17F2NO2S/c1-9(15-7-4-8-18(2,16)17)10-5-3-6-11(13)12(10)14/h3,5-6,9,15H,4,7-8H2,1-2H3. The Morgan fingerprint density at radius 1 is 1.33 bits per heavy atom. The molecule has 1 aromatic carbocycles. The summed E-state index contributed by atoms with van der Waals surface area (Å²) in [6.45, 7) is 2.14. The van der Waals surface area contributed by atoms with E-state index in [9.17, 15) is 17.2 Å². The van der Waals surface area contributed by atoms with E-state index < -0.39 is 21.5 Å². The highest BCUT2D eigenvalue weighted by atomic mass is 32.2. The van der Waals surface area contributed by atoms with Gasteiger partial charge in [-0.3, -0.25) is 0 Å². The van der Waals surface area contributed by atoms with Crippen molar-refractivity contribution in [2.45, 2.75) is 19.4 Å². The van der Waals surface area contributed by atoms with Crippen molar-refractivity contribution in [3.8, 4) is 0 Å². The van der Waals surface area contributed by atoms with Crippen LogP contribution in [0.3, 0.4) is 0 Å². The van der Waals surface area contributed by atoms with Crippen molar-refractivity contribution in [1.82, 2.24) is 5.32 Å². The second-order valence-electron chi connectivity index (χ2n) is 4.30. The zero-order chi connectivity index (χ0) is 13.8. The number of hydrogen-bond acceptors (Lipinski definition) is 3. The quantitative estimate of drug-likeness (QED) is 0.810. The van der Waals surface area contributed by atoms with E-state index >= 15 is 0 Å². The first-order valence-electron chi connectivity index (χ1n) is 5.66. The number of rotatable bonds is 6. The average Bonchev–Trinajstić information content (AvgIpc) is 2.26. The van der Waals surface area contributed by atoms with E-state index in [0.717, 1.165) is 6.07 Å². The fourth-order valence-corrected chi connectivity index (χ4v) is 2.29. The third-order valence-electron chi connectivity index (χ3n) is 2.59. The van der Waals surface area contributed by atoms with Gasteiger partial charge in [-0.1, -0.05) is 12.1 Å². The molecule has 0 aliphatic heterocycles. The predicted molar refractivity (Wildman–Crippen MR) is 67.1 cm³/mol. The predicted octanol–water partition coefficient (Wildman–Crippen LogP) is 2.05. The first-order chi connectivity index (χ1) is 8.31. The topological polar surface area (TPSA) is 46.2 Å². The Morgan fingerprint density at radius 3 is 2.61 bits per heavy atom. The zero-order valence-electron chi connectivity index (χ0n) is 10.4. The summed E-state index contributed by atoms with van der Waals surface area (Å²) in [6.07, 6.45) is 1.61. The largest absolute Gasteiger partial charge is 0.310 e. The number of sulfone groups is 1. The molecule has 1 N–H and O–H groups in total. The first kappa shape index (κ1) is 15.0. The van der Waals surface area contributed by atoms with E-state index in [2.05, 4.69) is 5.32 Å². The molecule has 0 saturated carbocycles. The maximum Gasteiger partial charge on any atom is 0.163 e. The van der Waals surface area contributed by atoms with Gasteiger partial charge in [0.1, 0.15) is 9.84 Å². The SMILES string of the molecule is CC(NCCCS(C)(=O)=O)c1cccc(F)c1F. The Kier molecular flexibility index (Phi) is 5.22. The maximum atomic E-state index is 13.4. The number of benzene rings is 1. The molecule has 0 fully saturated rings. The van der Waals surface area contributed by atoms with Crippen LogP contribution in [0, 0.1) is 11.6 Å². The molecular formula is C12H17F2NO2S. The van der Waals surface area contributed by atoms with Crippen LogP contribution in [0.4, 0.5) is 8.78 Å². The maximum absolute atomic E-state index is 13.4. The lowest BCUT2D eigenvalue weighted by molar-refractivity contribution is 0.472. The molecule has 0 amide bonds. The van der Waals surface area contributed by atoms with E-state index in [1.807, 2.05) is 0 Å². The summed E-state index contributed by atoms with van der Waals surface area (Å²) in [7, 11) is -2.98. The van der Waals surface area contributed by atoms with Crippen LogP contribution >= 0.6 is 0 Å². The minimum absolute atomic E-state index is 0.0817. The van der Waals surface area contributed by atoms with Gasteiger partial charge < -0.3 is 5.32 Å². The molecule has 0 aromatic heterocycles. The molecule has 0 heterocycles. The molecule has 0 spiro atoms. The second-order valence-corrected chi connectivity index (χ2v) is 6.56. The minimum Gasteiger partial charge on any atom is -0.310 e. The fourth-order valence-electron chi connectivity index (χ4n) is 1.62. The van der Waals surface area contributed by atoms with Crippen molar-refractivity contribution in [3.63, 3.8) is 0 Å². The summed E-state index contributed by atoms with van der Waals surface area (Å²) in [4.78, 5) is 0. The number of hydrogen-bond donors (Lipinski definition) is 1. The summed E-state index contributed by atoms with van der Waals surface area (Å²) < 4.78 is 48.3. The second kappa shape index (κ2) is 6.24. The summed E-state index contributed by atoms with van der Waals surface area (Å²) in [5.41, 5.74) is 0.245. The molecule has 6 heteroatoms. The summed E-state index contributed by atoms with van der Waals surface area (Å²) >= 11 is 0. The Labute approximate surface area is 106 Å². The third-order valence-corrected chi connectivity index (χ3v) is 3.62. The molecule has 18 heavy (non-hydrogen) atoms. The monoisotopic (exact) mass is 277 g/mol. The summed E-state index contributed by atoms with van der Waals surface area (Å²) in [6, 6.07) is 3.66. The van der Waals surface area contributed by atoms with E-state index in [1.165, 1.54) is 18.4 Å². The molecule has 102 valence electrons. The Balaban J connectivity index is 2.51. The number of nitrogens with one attached hydrogen (secondary N) is 1. The summed E-state index contributed by atoms with van der Waals surface area (Å²) in [5, 5.41) is 2.97. The molecule has 1 atom stereocenters. The highest BCUT2D eigenvalue weighted by Crippen LogP contribution is 2.18. The Morgan fingerprint density at radius 2 is 2.00 bits per heavy atom. The highest BCUT2D eigenvalue weighted by Gasteiger charge is 2.13. The van der Waals surface area contributed by atoms with E-state index in [4.69, 9.17) is 0 Å². The fraction of sp³-hybridized carbons (Fsp3) is 0.500. The van der Waals surface area contributed by atoms with Gasteiger partial charge in [0.15, 0.2) is 11.6 Å². The van der Waals surface area contributed by atoms with E-state index in [-0.39, 0.29) is 17.4 Å². The Hall–Kier alpha value is -1.01. The van der Waals surface area contributed by atoms with Crippen molar-refractivity contribution in [3.05, 3.63) is 35.4 Å². The van der Waals surface area contributed by atoms with Crippen LogP contribution in [0.1, 0.15) is 24.9 Å². The van der Waals surface area contributed by atoms with Gasteiger partial charge in [-0.2, -0.15) is 0 Å². The van der Waals surface area contributed by atoms with Crippen LogP contribution in [0.2, 0.25) is 0 Å². The van der Waals surface area contributed by atoms with E-state index in [0.29, 0.717) is 13.0 Å². The van der Waals surface area contributed by atoms with Crippen LogP contribution in [-0.2, 0) is 9.84 Å². The van der Waals surface area contributed by atoms with Crippen molar-refractivity contribution < 1.29 is 17.2 Å². The first-order valence-corrected chi connectivity index (χ1v) is 7.72. The van der Waals surface area contributed by atoms with Crippen LogP contribution < -0.4 is 5.32 Å². The van der Waals surface area contributed by atoms with Gasteiger partial charge in [0, 0.05) is 17.9 Å². The van der Waals surface area contributed by atoms with Crippen molar-refractivity contribution >= 4 is 9.84 Å². The van der Waals surface area contributed by atoms with Gasteiger partial charge in [-0.05, 0) is 26.0 Å². The highest BCUT2D eigenvalue weighted by molar-refractivity contribution is 7.90. The van der Waals surface area contributed by atoms with Gasteiger partial charge in [-0.25, -0.2) is 17.2 Å². The molecule has 3 nitrogen and oxygen atoms in total. The van der Waals surface area contributed by atoms with Gasteiger partial charge in [-0.15, -0.1) is 0 Å². The van der Waals surface area contributed by atoms with Gasteiger partial charge in [0.2, 0.25) is 0 Å². The zero-order valence-corrected chi connectivity index (χ0v) is 11.2. The summed E-state index contributed by atoms with van der Waals surface area (Å²) in [5.74, 6) is -1.66. The average molecular weight is 277 g/mol. The molecule has 0 saturated heterocycles. The molecule has 0 radical (unpaired) electrons. The van der Waals surface area contributed by atoms with Gasteiger partial charge in [0.25, 0.3) is 0 Å². The molecule has 0 aliphatic rings. The van der Waals surface area contributed by atoms with Crippen LogP contribution in [-0.4, -0.2) is 27.0 Å². The normalized spacial score (nSPS) is 13.6. The van der Waals surface area contributed by atoms with Crippen LogP contribution in [0.15, 0.2) is 18.2 Å². The number of halogens is 2. The molecular weight excluding hydrogens is 260 g/mol. The molecule has 0 aliphatic carbocycles. The van der Waals surface area contributed by atoms with E-state index in [1.54, 1.807) is 6.92 Å². The lowest BCUT2D eigenvalue weighted by Crippen LogP contribution is -2.22. The molecule has 1 unspecified atom stereocenters. The third kappa shape index (κ3) is 4.70. The van der Waals surface area contributed by atoms with Crippen LogP contribution in [0.25, 0.3) is 0 Å². The lowest BCUT2D eigenvalue weighted by atomic mass is 10.1. The van der Waals surface area contributed by atoms with Crippen molar-refractivity contribution in [2.75, 3.05) is 18.6 Å². The lowest BCUT2D eigenvalue weighted by Gasteiger charge is -2.15. The molecule has 1 aromatic rings. The smallest absolute Gasteiger partial charge is 0.163 e. The van der Waals surface area contributed by atoms with Gasteiger partial charge >= 0.3 is 0 Å². The van der Waals surface area contributed by atoms with Crippen LogP contribution in [0.5, 0.6) is 0 Å². The molecule has 0 bridgehead atoms. The van der Waals surface area contributed by atoms with Gasteiger partial charge in [0.05, 0.1) is 5.75 Å². The molecule has 1 rings (SSSR count).